The van der Waals surface area contributed by atoms with Crippen molar-refractivity contribution in [2.24, 2.45) is 0 Å². The lowest BCUT2D eigenvalue weighted by Gasteiger charge is -1.95. The van der Waals surface area contributed by atoms with Crippen LogP contribution in [0.4, 0.5) is 0 Å². The van der Waals surface area contributed by atoms with Crippen molar-refractivity contribution in [2.45, 2.75) is 0 Å². The van der Waals surface area contributed by atoms with Gasteiger partial charge in [-0.15, -0.1) is 11.6 Å². The molecular weight excluding hydrogens is 230 g/mol. The molecule has 2 rings (SSSR count). The highest BCUT2D eigenvalue weighted by Gasteiger charge is 2.02. The lowest BCUT2D eigenvalue weighted by Crippen LogP contribution is -2.14. The fraction of sp³-hybridized carbons (Fsp3) is 0.0909. The SMILES string of the molecule is O=c1[nH]c2ccc(C#CCCl)cc2c(=O)o1. The molecule has 4 nitrogen and oxygen atoms in total. The van der Waals surface area contributed by atoms with E-state index in [4.69, 9.17) is 11.6 Å². The minimum atomic E-state index is -0.767. The third kappa shape index (κ3) is 2.00. The van der Waals surface area contributed by atoms with E-state index in [-0.39, 0.29) is 5.88 Å². The van der Waals surface area contributed by atoms with E-state index in [1.807, 2.05) is 0 Å². The van der Waals surface area contributed by atoms with Crippen LogP contribution < -0.4 is 11.4 Å². The number of benzene rings is 1. The van der Waals surface area contributed by atoms with E-state index in [0.29, 0.717) is 16.5 Å². The van der Waals surface area contributed by atoms with Crippen LogP contribution in [-0.4, -0.2) is 10.9 Å². The van der Waals surface area contributed by atoms with Gasteiger partial charge in [0.05, 0.1) is 16.8 Å². The molecule has 1 aromatic heterocycles. The second-order valence-electron chi connectivity index (χ2n) is 3.00. The average molecular weight is 236 g/mol. The fourth-order valence-electron chi connectivity index (χ4n) is 1.31. The maximum absolute atomic E-state index is 11.4. The molecule has 0 amide bonds. The number of hydrogen-bond acceptors (Lipinski definition) is 3. The van der Waals surface area contributed by atoms with E-state index in [1.165, 1.54) is 0 Å². The summed E-state index contributed by atoms with van der Waals surface area (Å²) in [5.74, 6) is 4.90. The van der Waals surface area contributed by atoms with Crippen molar-refractivity contribution >= 4 is 22.5 Å². The first-order chi connectivity index (χ1) is 7.70. The Balaban J connectivity index is 2.71. The summed E-state index contributed by atoms with van der Waals surface area (Å²) in [5, 5.41) is 0.293. The molecule has 0 fully saturated rings. The number of rotatable bonds is 0. The number of halogens is 1. The highest BCUT2D eigenvalue weighted by molar-refractivity contribution is 6.19. The Bertz CT molecular complexity index is 703. The summed E-state index contributed by atoms with van der Waals surface area (Å²) in [7, 11) is 0. The predicted octanol–water partition coefficient (Wildman–Crippen LogP) is 1.07. The zero-order valence-electron chi connectivity index (χ0n) is 8.04. The van der Waals surface area contributed by atoms with Gasteiger partial charge in [0.1, 0.15) is 0 Å². The largest absolute Gasteiger partial charge is 0.419 e. The lowest BCUT2D eigenvalue weighted by molar-refractivity contribution is 0.460. The molecule has 0 saturated heterocycles. The molecule has 1 N–H and O–H groups in total. The van der Waals surface area contributed by atoms with Gasteiger partial charge in [0, 0.05) is 5.56 Å². The minimum absolute atomic E-state index is 0.221. The minimum Gasteiger partial charge on any atom is -0.372 e. The van der Waals surface area contributed by atoms with Crippen LogP contribution in [-0.2, 0) is 0 Å². The molecule has 5 heteroatoms. The molecule has 1 heterocycles. The first-order valence-electron chi connectivity index (χ1n) is 4.43. The Morgan fingerprint density at radius 3 is 2.94 bits per heavy atom. The Labute approximate surface area is 94.9 Å². The van der Waals surface area contributed by atoms with Gasteiger partial charge in [-0.25, -0.2) is 9.59 Å². The van der Waals surface area contributed by atoms with Gasteiger partial charge in [0.2, 0.25) is 0 Å². The quantitative estimate of drug-likeness (QED) is 0.549. The Kier molecular flexibility index (Phi) is 2.80. The summed E-state index contributed by atoms with van der Waals surface area (Å²) >= 11 is 5.42. The van der Waals surface area contributed by atoms with Gasteiger partial charge in [-0.05, 0) is 18.2 Å². The number of H-pyrrole nitrogens is 1. The molecule has 80 valence electrons. The molecular formula is C11H6ClNO3. The maximum atomic E-state index is 11.4. The molecule has 16 heavy (non-hydrogen) atoms. The number of hydrogen-bond donors (Lipinski definition) is 1. The normalized spacial score (nSPS) is 9.81. The van der Waals surface area contributed by atoms with Crippen LogP contribution in [0, 0.1) is 11.8 Å². The molecule has 0 spiro atoms. The Morgan fingerprint density at radius 1 is 1.38 bits per heavy atom. The standard InChI is InChI=1S/C11H6ClNO3/c12-5-1-2-7-3-4-9-8(6-7)10(14)16-11(15)13-9/h3-4,6H,5H2,(H,13,15). The molecule has 0 unspecified atom stereocenters. The van der Waals surface area contributed by atoms with Gasteiger partial charge < -0.3 is 4.42 Å². The summed E-state index contributed by atoms with van der Waals surface area (Å²) < 4.78 is 4.41. The van der Waals surface area contributed by atoms with Gasteiger partial charge in [0.25, 0.3) is 0 Å². The summed E-state index contributed by atoms with van der Waals surface area (Å²) in [5.41, 5.74) is 0.401. The molecule has 0 aliphatic heterocycles. The topological polar surface area (TPSA) is 63.1 Å². The number of alkyl halides is 1. The molecule has 0 saturated carbocycles. The highest BCUT2D eigenvalue weighted by atomic mass is 35.5. The zero-order valence-corrected chi connectivity index (χ0v) is 8.80. The smallest absolute Gasteiger partial charge is 0.372 e. The predicted molar refractivity (Wildman–Crippen MR) is 60.7 cm³/mol. The highest BCUT2D eigenvalue weighted by Crippen LogP contribution is 2.07. The van der Waals surface area contributed by atoms with Crippen LogP contribution in [0.5, 0.6) is 0 Å². The third-order valence-corrected chi connectivity index (χ3v) is 2.09. The van der Waals surface area contributed by atoms with Crippen LogP contribution in [0.15, 0.2) is 32.2 Å². The summed E-state index contributed by atoms with van der Waals surface area (Å²) in [4.78, 5) is 24.7. The van der Waals surface area contributed by atoms with E-state index in [9.17, 15) is 9.59 Å². The molecule has 0 aliphatic rings. The second-order valence-corrected chi connectivity index (χ2v) is 3.27. The summed E-state index contributed by atoms with van der Waals surface area (Å²) in [6.45, 7) is 0. The number of fused-ring (bicyclic) bond motifs is 1. The maximum Gasteiger partial charge on any atom is 0.419 e. The van der Waals surface area contributed by atoms with Gasteiger partial charge >= 0.3 is 11.4 Å². The van der Waals surface area contributed by atoms with Crippen LogP contribution >= 0.6 is 11.6 Å². The van der Waals surface area contributed by atoms with E-state index in [2.05, 4.69) is 21.2 Å². The first-order valence-corrected chi connectivity index (χ1v) is 4.96. The zero-order chi connectivity index (χ0) is 11.5. The molecule has 1 aromatic carbocycles. The fourth-order valence-corrected chi connectivity index (χ4v) is 1.38. The van der Waals surface area contributed by atoms with E-state index < -0.39 is 11.4 Å². The Morgan fingerprint density at radius 2 is 2.19 bits per heavy atom. The molecule has 0 aliphatic carbocycles. The van der Waals surface area contributed by atoms with E-state index >= 15 is 0 Å². The van der Waals surface area contributed by atoms with Crippen LogP contribution in [0.2, 0.25) is 0 Å². The lowest BCUT2D eigenvalue weighted by atomic mass is 10.1. The molecule has 0 bridgehead atoms. The second kappa shape index (κ2) is 4.25. The third-order valence-electron chi connectivity index (χ3n) is 1.96. The van der Waals surface area contributed by atoms with Crippen molar-refractivity contribution in [3.8, 4) is 11.8 Å². The molecule has 0 radical (unpaired) electrons. The number of nitrogens with one attached hydrogen (secondary N) is 1. The van der Waals surface area contributed by atoms with Crippen LogP contribution in [0.3, 0.4) is 0 Å². The molecule has 2 aromatic rings. The van der Waals surface area contributed by atoms with Crippen molar-refractivity contribution in [1.82, 2.24) is 4.98 Å². The van der Waals surface area contributed by atoms with Gasteiger partial charge in [-0.3, -0.25) is 4.98 Å². The summed E-state index contributed by atoms with van der Waals surface area (Å²) in [6, 6.07) is 4.85. The van der Waals surface area contributed by atoms with Crippen molar-refractivity contribution in [3.63, 3.8) is 0 Å². The van der Waals surface area contributed by atoms with Crippen molar-refractivity contribution in [1.29, 1.82) is 0 Å². The Hall–Kier alpha value is -1.99. The number of aromatic amines is 1. The molecule has 0 atom stereocenters. The van der Waals surface area contributed by atoms with Crippen molar-refractivity contribution in [2.75, 3.05) is 5.88 Å². The van der Waals surface area contributed by atoms with Crippen LogP contribution in [0.1, 0.15) is 5.56 Å². The van der Waals surface area contributed by atoms with Gasteiger partial charge in [-0.2, -0.15) is 0 Å². The van der Waals surface area contributed by atoms with Gasteiger partial charge in [-0.1, -0.05) is 11.8 Å². The summed E-state index contributed by atoms with van der Waals surface area (Å²) in [6.07, 6.45) is 0. The average Bonchev–Trinajstić information content (AvgIpc) is 2.26. The van der Waals surface area contributed by atoms with Crippen LogP contribution in [0.25, 0.3) is 10.9 Å². The van der Waals surface area contributed by atoms with Crippen molar-refractivity contribution in [3.05, 3.63) is 44.7 Å². The number of aromatic nitrogens is 1. The van der Waals surface area contributed by atoms with E-state index in [0.717, 1.165) is 0 Å². The first kappa shape index (κ1) is 10.5. The van der Waals surface area contributed by atoms with Crippen molar-refractivity contribution < 1.29 is 4.42 Å². The monoisotopic (exact) mass is 235 g/mol. The van der Waals surface area contributed by atoms with Gasteiger partial charge in [0.15, 0.2) is 0 Å². The van der Waals surface area contributed by atoms with E-state index in [1.54, 1.807) is 18.2 Å².